The van der Waals surface area contributed by atoms with Gasteiger partial charge in [-0.1, -0.05) is 73.9 Å². The lowest BCUT2D eigenvalue weighted by atomic mass is 9.46. The zero-order valence-corrected chi connectivity index (χ0v) is 25.2. The van der Waals surface area contributed by atoms with Crippen LogP contribution in [0.3, 0.4) is 0 Å². The molecule has 0 amide bonds. The van der Waals surface area contributed by atoms with E-state index in [2.05, 4.69) is 62.3 Å². The van der Waals surface area contributed by atoms with Crippen molar-refractivity contribution in [1.82, 2.24) is 5.32 Å². The molecule has 38 heavy (non-hydrogen) atoms. The molecule has 0 heterocycles. The molecule has 3 N–H and O–H groups in total. The van der Waals surface area contributed by atoms with E-state index < -0.39 is 12.2 Å². The SMILES string of the molecule is CC1=CC(C=Nc2ccccc2CNCC2=CC(Br)=CC(Br)C2O)C(O)C(C23CC4CC(CC(C4)C2)C3)=C1. The maximum atomic E-state index is 11.6. The molecule has 0 spiro atoms. The average molecular weight is 642 g/mol. The second-order valence-corrected chi connectivity index (χ2v) is 14.4. The number of hydrogen-bond acceptors (Lipinski definition) is 4. The molecule has 0 aromatic heterocycles. The number of benzene rings is 1. The number of nitrogens with zero attached hydrogens (tertiary/aromatic N) is 1. The van der Waals surface area contributed by atoms with Crippen molar-refractivity contribution in [3.05, 3.63) is 75.3 Å². The number of aliphatic hydroxyl groups is 2. The predicted octanol–water partition coefficient (Wildman–Crippen LogP) is 6.90. The van der Waals surface area contributed by atoms with Gasteiger partial charge < -0.3 is 15.5 Å². The van der Waals surface area contributed by atoms with Crippen LogP contribution in [-0.4, -0.2) is 40.0 Å². The molecular formula is C32H38Br2N2O2. The normalized spacial score (nSPS) is 38.2. The van der Waals surface area contributed by atoms with Crippen LogP contribution in [0.5, 0.6) is 0 Å². The quantitative estimate of drug-likeness (QED) is 0.224. The van der Waals surface area contributed by atoms with E-state index >= 15 is 0 Å². The molecule has 7 rings (SSSR count). The van der Waals surface area contributed by atoms with Crippen molar-refractivity contribution in [3.63, 3.8) is 0 Å². The molecule has 1 aromatic rings. The minimum atomic E-state index is -0.545. The van der Waals surface area contributed by atoms with Gasteiger partial charge in [-0.25, -0.2) is 0 Å². The van der Waals surface area contributed by atoms with Crippen LogP contribution >= 0.6 is 31.9 Å². The molecule has 202 valence electrons. The fraction of sp³-hybridized carbons (Fsp3) is 0.531. The highest BCUT2D eigenvalue weighted by Crippen LogP contribution is 2.63. The Morgan fingerprint density at radius 3 is 2.37 bits per heavy atom. The Morgan fingerprint density at radius 2 is 1.66 bits per heavy atom. The summed E-state index contributed by atoms with van der Waals surface area (Å²) in [6.45, 7) is 3.41. The molecular weight excluding hydrogens is 604 g/mol. The second kappa shape index (κ2) is 10.9. The van der Waals surface area contributed by atoms with Crippen molar-refractivity contribution in [3.8, 4) is 0 Å². The third kappa shape index (κ3) is 5.36. The summed E-state index contributed by atoms with van der Waals surface area (Å²) >= 11 is 7.05. The van der Waals surface area contributed by atoms with Crippen LogP contribution in [0.1, 0.15) is 51.0 Å². The highest BCUT2D eigenvalue weighted by atomic mass is 79.9. The van der Waals surface area contributed by atoms with Crippen molar-refractivity contribution in [2.75, 3.05) is 6.54 Å². The lowest BCUT2D eigenvalue weighted by molar-refractivity contribution is -0.0426. The number of rotatable bonds is 7. The van der Waals surface area contributed by atoms with E-state index in [0.717, 1.165) is 39.1 Å². The highest BCUT2D eigenvalue weighted by Gasteiger charge is 2.54. The monoisotopic (exact) mass is 640 g/mol. The molecule has 0 radical (unpaired) electrons. The van der Waals surface area contributed by atoms with Crippen LogP contribution in [0.15, 0.2) is 74.8 Å². The largest absolute Gasteiger partial charge is 0.388 e. The van der Waals surface area contributed by atoms with Crippen molar-refractivity contribution < 1.29 is 10.2 Å². The van der Waals surface area contributed by atoms with E-state index in [9.17, 15) is 10.2 Å². The first-order valence-electron chi connectivity index (χ1n) is 14.1. The summed E-state index contributed by atoms with van der Waals surface area (Å²) in [5.74, 6) is 2.46. The topological polar surface area (TPSA) is 64.9 Å². The Balaban J connectivity index is 1.15. The Labute approximate surface area is 243 Å². The summed E-state index contributed by atoms with van der Waals surface area (Å²) < 4.78 is 0.975. The first-order valence-corrected chi connectivity index (χ1v) is 15.8. The molecule has 0 aliphatic heterocycles. The lowest BCUT2D eigenvalue weighted by Crippen LogP contribution is -2.49. The summed E-state index contributed by atoms with van der Waals surface area (Å²) in [5.41, 5.74) is 5.69. The molecule has 4 saturated carbocycles. The minimum Gasteiger partial charge on any atom is -0.388 e. The summed E-state index contributed by atoms with van der Waals surface area (Å²) in [7, 11) is 0. The van der Waals surface area contributed by atoms with Gasteiger partial charge in [-0.2, -0.15) is 0 Å². The molecule has 6 heteroatoms. The standard InChI is InChI=1S/C32H38Br2N2O2/c1-19-6-24(30(37)27(7-19)32-13-20-8-21(14-32)10-22(9-20)15-32)18-36-29-5-3-2-4-23(29)16-35-17-25-11-26(33)12-28(34)31(25)38/h2-7,11-12,18,20-22,24,28,30-31,35,37-38H,8-10,13-17H2,1H3. The molecule has 4 bridgehead atoms. The Kier molecular flexibility index (Phi) is 7.73. The number of halogens is 2. The summed E-state index contributed by atoms with van der Waals surface area (Å²) in [4.78, 5) is 4.82. The van der Waals surface area contributed by atoms with Gasteiger partial charge in [-0.3, -0.25) is 4.99 Å². The number of aliphatic imine (C=N–C) groups is 1. The third-order valence-electron chi connectivity index (χ3n) is 9.52. The molecule has 4 nitrogen and oxygen atoms in total. The zero-order chi connectivity index (χ0) is 26.4. The first-order chi connectivity index (χ1) is 18.3. The number of hydrogen-bond donors (Lipinski definition) is 3. The zero-order valence-electron chi connectivity index (χ0n) is 22.0. The Morgan fingerprint density at radius 1 is 0.974 bits per heavy atom. The number of allylic oxidation sites excluding steroid dienone is 4. The van der Waals surface area contributed by atoms with Gasteiger partial charge in [0.1, 0.15) is 0 Å². The van der Waals surface area contributed by atoms with Gasteiger partial charge >= 0.3 is 0 Å². The van der Waals surface area contributed by atoms with Gasteiger partial charge in [0.2, 0.25) is 0 Å². The van der Waals surface area contributed by atoms with Crippen molar-refractivity contribution >= 4 is 43.8 Å². The lowest BCUT2D eigenvalue weighted by Gasteiger charge is -2.58. The van der Waals surface area contributed by atoms with E-state index in [0.29, 0.717) is 13.1 Å². The van der Waals surface area contributed by atoms with Gasteiger partial charge in [-0.05, 0) is 97.5 Å². The molecule has 6 aliphatic carbocycles. The van der Waals surface area contributed by atoms with Gasteiger partial charge in [0, 0.05) is 29.7 Å². The number of nitrogens with one attached hydrogen (secondary N) is 1. The number of aliphatic hydroxyl groups excluding tert-OH is 2. The average Bonchev–Trinajstić information content (AvgIpc) is 2.87. The highest BCUT2D eigenvalue weighted by molar-refractivity contribution is 9.12. The molecule has 6 aliphatic rings. The van der Waals surface area contributed by atoms with E-state index in [4.69, 9.17) is 4.99 Å². The Hall–Kier alpha value is -1.31. The van der Waals surface area contributed by atoms with E-state index in [1.807, 2.05) is 36.6 Å². The fourth-order valence-corrected chi connectivity index (χ4v) is 9.80. The van der Waals surface area contributed by atoms with Gasteiger partial charge in [0.05, 0.1) is 22.7 Å². The summed E-state index contributed by atoms with van der Waals surface area (Å²) in [6.07, 6.45) is 17.4. The number of alkyl halides is 1. The van der Waals surface area contributed by atoms with E-state index in [-0.39, 0.29) is 16.2 Å². The molecule has 1 aromatic carbocycles. The minimum absolute atomic E-state index is 0.0913. The maximum absolute atomic E-state index is 11.6. The number of para-hydroxylation sites is 1. The van der Waals surface area contributed by atoms with Crippen LogP contribution < -0.4 is 5.32 Å². The molecule has 4 unspecified atom stereocenters. The van der Waals surface area contributed by atoms with Crippen LogP contribution in [0.4, 0.5) is 5.69 Å². The maximum Gasteiger partial charge on any atom is 0.0926 e. The fourth-order valence-electron chi connectivity index (χ4n) is 8.24. The third-order valence-corrected chi connectivity index (χ3v) is 10.8. The summed E-state index contributed by atoms with van der Waals surface area (Å²) in [5, 5.41) is 25.6. The van der Waals surface area contributed by atoms with Crippen molar-refractivity contribution in [2.45, 2.75) is 69.0 Å². The summed E-state index contributed by atoms with van der Waals surface area (Å²) in [6, 6.07) is 8.18. The van der Waals surface area contributed by atoms with Crippen LogP contribution in [0.25, 0.3) is 0 Å². The van der Waals surface area contributed by atoms with Crippen molar-refractivity contribution in [2.24, 2.45) is 34.1 Å². The van der Waals surface area contributed by atoms with Crippen LogP contribution in [0.2, 0.25) is 0 Å². The predicted molar refractivity (Wildman–Crippen MR) is 162 cm³/mol. The Bertz CT molecular complexity index is 1190. The van der Waals surface area contributed by atoms with Gasteiger partial charge in [0.25, 0.3) is 0 Å². The first kappa shape index (κ1) is 26.9. The van der Waals surface area contributed by atoms with Crippen molar-refractivity contribution in [1.29, 1.82) is 0 Å². The smallest absolute Gasteiger partial charge is 0.0926 e. The van der Waals surface area contributed by atoms with E-state index in [1.54, 1.807) is 0 Å². The van der Waals surface area contributed by atoms with Crippen LogP contribution in [0, 0.1) is 29.1 Å². The van der Waals surface area contributed by atoms with Gasteiger partial charge in [0.15, 0.2) is 0 Å². The second-order valence-electron chi connectivity index (χ2n) is 12.4. The van der Waals surface area contributed by atoms with E-state index in [1.165, 1.54) is 49.7 Å². The molecule has 0 saturated heterocycles. The molecule has 4 fully saturated rings. The van der Waals surface area contributed by atoms with Gasteiger partial charge in [-0.15, -0.1) is 0 Å². The molecule has 4 atom stereocenters. The van der Waals surface area contributed by atoms with Crippen LogP contribution in [-0.2, 0) is 6.54 Å².